The second kappa shape index (κ2) is 84.7. The van der Waals surface area contributed by atoms with Crippen LogP contribution in [0.15, 0.2) is 196 Å². The monoisotopic (exact) mass is 2070 g/mol. The lowest BCUT2D eigenvalue weighted by Gasteiger charge is -2.19. The van der Waals surface area contributed by atoms with E-state index in [4.69, 9.17) is 66.3 Å². The number of esters is 8. The smallest absolute Gasteiger partial charge is 0.343 e. The van der Waals surface area contributed by atoms with Crippen molar-refractivity contribution in [3.05, 3.63) is 219 Å². The molecule has 2 aromatic heterocycles. The van der Waals surface area contributed by atoms with Gasteiger partial charge in [-0.3, -0.25) is 9.97 Å². The Kier molecular flexibility index (Phi) is 70.9. The highest BCUT2D eigenvalue weighted by Gasteiger charge is 2.24. The van der Waals surface area contributed by atoms with Gasteiger partial charge in [0.2, 0.25) is 11.5 Å². The Labute approximate surface area is 893 Å². The molecule has 4 aromatic carbocycles. The number of nitrogens with zero attached hydrogens (tertiary/aromatic N) is 4. The average molecular weight is 2070 g/mol. The van der Waals surface area contributed by atoms with E-state index >= 15 is 0 Å². The van der Waals surface area contributed by atoms with Crippen LogP contribution >= 0.6 is 0 Å². The van der Waals surface area contributed by atoms with Gasteiger partial charge in [0.1, 0.15) is 0 Å². The number of rotatable bonds is 90. The summed E-state index contributed by atoms with van der Waals surface area (Å²) in [6.45, 7) is 25.7. The molecule has 816 valence electrons. The van der Waals surface area contributed by atoms with Crippen LogP contribution in [0, 0.1) is 23.7 Å². The fraction of sp³-hybridized carbons (Fsp3) is 0.532. The van der Waals surface area contributed by atoms with Crippen molar-refractivity contribution in [2.45, 2.75) is 347 Å². The van der Waals surface area contributed by atoms with Crippen LogP contribution < -0.4 is 37.9 Å². The van der Waals surface area contributed by atoms with Gasteiger partial charge in [-0.15, -0.1) is 0 Å². The summed E-state index contributed by atoms with van der Waals surface area (Å²) in [5.41, 5.74) is 4.09. The van der Waals surface area contributed by atoms with Crippen molar-refractivity contribution in [3.63, 3.8) is 0 Å². The topological polar surface area (TPSA) is 316 Å². The molecule has 6 rings (SSSR count). The first-order valence-electron chi connectivity index (χ1n) is 55.5. The number of unbranched alkanes of at least 4 members (excludes halogenated alkanes) is 48. The van der Waals surface area contributed by atoms with Gasteiger partial charge in [0, 0.05) is 71.1 Å². The zero-order valence-electron chi connectivity index (χ0n) is 89.5. The van der Waals surface area contributed by atoms with Gasteiger partial charge in [0.05, 0.1) is 114 Å². The summed E-state index contributed by atoms with van der Waals surface area (Å²) in [7, 11) is 0. The van der Waals surface area contributed by atoms with Gasteiger partial charge in [-0.05, 0) is 162 Å². The number of azo groups is 1. The minimum Gasteiger partial charge on any atom is -0.490 e. The summed E-state index contributed by atoms with van der Waals surface area (Å²) >= 11 is 0. The Balaban J connectivity index is 1.10. The van der Waals surface area contributed by atoms with Crippen LogP contribution in [0.2, 0.25) is 0 Å². The number of benzene rings is 4. The molecule has 0 spiro atoms. The first kappa shape index (κ1) is 126. The third kappa shape index (κ3) is 61.8. The maximum Gasteiger partial charge on any atom is 0.343 e. The second-order valence-electron chi connectivity index (χ2n) is 37.4. The normalized spacial score (nSPS) is 10.8. The molecule has 0 amide bonds. The van der Waals surface area contributed by atoms with E-state index in [2.05, 4.69) is 83.4 Å². The summed E-state index contributed by atoms with van der Waals surface area (Å²) in [5.74, 6) is 12.1. The van der Waals surface area contributed by atoms with Crippen molar-refractivity contribution < 1.29 is 105 Å². The Morgan fingerprint density at radius 1 is 0.220 bits per heavy atom. The highest BCUT2D eigenvalue weighted by molar-refractivity contribution is 5.94. The zero-order valence-corrected chi connectivity index (χ0v) is 89.5. The van der Waals surface area contributed by atoms with Gasteiger partial charge < -0.3 is 66.3 Å². The Morgan fingerprint density at radius 2 is 0.400 bits per heavy atom. The molecule has 0 bridgehead atoms. The predicted molar refractivity (Wildman–Crippen MR) is 590 cm³/mol. The van der Waals surface area contributed by atoms with Crippen molar-refractivity contribution >= 4 is 59.1 Å². The molecule has 0 aliphatic carbocycles. The first-order valence-corrected chi connectivity index (χ1v) is 55.5. The Hall–Kier alpha value is -13.1. The van der Waals surface area contributed by atoms with Crippen LogP contribution in [-0.4, -0.2) is 137 Å². The van der Waals surface area contributed by atoms with Crippen LogP contribution in [0.5, 0.6) is 46.0 Å². The van der Waals surface area contributed by atoms with Crippen molar-refractivity contribution in [2.75, 3.05) is 79.3 Å². The molecule has 6 aromatic rings. The number of aromatic nitrogens is 2. The van der Waals surface area contributed by atoms with Gasteiger partial charge in [-0.2, -0.15) is 10.2 Å². The van der Waals surface area contributed by atoms with Gasteiger partial charge in [0.25, 0.3) is 0 Å². The van der Waals surface area contributed by atoms with Crippen LogP contribution in [0.1, 0.15) is 390 Å². The standard InChI is InChI=1S/C124H168N4O22/c1-7-115(129)141-83-59-47-35-23-13-19-31-43-55-79-137-111-93-105(94-112(138-80-56-44-32-20-14-24-36-48-60-84-142-116(130)8-2)121(111)147-89-65-53-41-29-17-27-39-51-63-87-145-119(133)11-5)123(135)149-109-91-103(97-125-99-109)69-67-101-71-75-107(76-72-101)127-128-108-77-73-102(74-78-108)68-70-104-92-110(100-126-98-104)150-124(136)106-95-113(139-81-57-45-33-21-15-25-37-49-61-85-143-117(131)9-3)122(148-90-66-54-42-30-18-28-40-52-64-88-146-120(134)12-6)114(96-106)140-82-58-46-34-22-16-26-38-50-62-86-144-118(132)10-4/h7-12,71-78,91-100H,1-6,13-66,79-90H2. The van der Waals surface area contributed by atoms with Gasteiger partial charge in [-0.25, -0.2) is 38.4 Å². The van der Waals surface area contributed by atoms with Crippen LogP contribution in [0.4, 0.5) is 11.4 Å². The third-order valence-corrected chi connectivity index (χ3v) is 24.8. The summed E-state index contributed by atoms with van der Waals surface area (Å²) < 4.78 is 82.5. The Bertz CT molecular complexity index is 4620. The van der Waals surface area contributed by atoms with E-state index in [9.17, 15) is 38.4 Å². The van der Waals surface area contributed by atoms with Gasteiger partial charge in [0.15, 0.2) is 34.5 Å². The number of carbonyl (C=O) groups is 8. The van der Waals surface area contributed by atoms with Gasteiger partial charge in [-0.1, -0.05) is 333 Å². The SMILES string of the molecule is C=CC(=O)OCCCCCCCCCCCOc1cc(C(=O)Oc2cncc(C#Cc3ccc(N=Nc4ccc(C#Cc5cncc(OC(=O)c6cc(OCCCCCCCCCCCOC(=O)C=C)c(OCCCCCCCCCCCOC(=O)C=C)c(OCCCCCCCCCCCOC(=O)C=C)c6)c5)cc4)cc3)c2)cc(OCCCCCCCCCCCOC(=O)C=C)c1OCCCCCCCCCCCOC(=O)C=C. The van der Waals surface area contributed by atoms with Crippen molar-refractivity contribution in [1.29, 1.82) is 0 Å². The molecule has 0 atom stereocenters. The summed E-state index contributed by atoms with van der Waals surface area (Å²) in [4.78, 5) is 106. The zero-order chi connectivity index (χ0) is 107. The van der Waals surface area contributed by atoms with E-state index in [0.29, 0.717) is 147 Å². The molecule has 0 fully saturated rings. The fourth-order valence-electron chi connectivity index (χ4n) is 16.3. The lowest BCUT2D eigenvalue weighted by Crippen LogP contribution is -2.12. The molecule has 0 N–H and O–H groups in total. The minimum atomic E-state index is -0.636. The number of ether oxygens (including phenoxy) is 14. The van der Waals surface area contributed by atoms with E-state index < -0.39 is 11.9 Å². The van der Waals surface area contributed by atoms with Crippen LogP contribution in [0.25, 0.3) is 0 Å². The van der Waals surface area contributed by atoms with E-state index in [1.807, 2.05) is 48.5 Å². The molecule has 26 heteroatoms. The van der Waals surface area contributed by atoms with Gasteiger partial charge >= 0.3 is 47.8 Å². The van der Waals surface area contributed by atoms with Crippen LogP contribution in [0.3, 0.4) is 0 Å². The van der Waals surface area contributed by atoms with Crippen molar-refractivity contribution in [1.82, 2.24) is 9.97 Å². The number of hydrogen-bond acceptors (Lipinski definition) is 26. The molecular weight excluding hydrogens is 1900 g/mol. The fourth-order valence-corrected chi connectivity index (χ4v) is 16.3. The van der Waals surface area contributed by atoms with E-state index in [1.54, 1.807) is 48.8 Å². The maximum absolute atomic E-state index is 14.4. The molecule has 26 nitrogen and oxygen atoms in total. The van der Waals surface area contributed by atoms with E-state index in [-0.39, 0.29) is 58.4 Å². The number of pyridine rings is 2. The molecule has 0 aliphatic heterocycles. The molecule has 0 unspecified atom stereocenters. The quantitative estimate of drug-likeness (QED) is 0.00855. The lowest BCUT2D eigenvalue weighted by atomic mass is 10.1. The lowest BCUT2D eigenvalue weighted by molar-refractivity contribution is -0.138. The second-order valence-corrected chi connectivity index (χ2v) is 37.4. The molecule has 0 saturated carbocycles. The van der Waals surface area contributed by atoms with E-state index in [0.717, 1.165) is 347 Å². The highest BCUT2D eigenvalue weighted by Crippen LogP contribution is 2.42. The average Bonchev–Trinajstić information content (AvgIpc) is 0.811. The summed E-state index contributed by atoms with van der Waals surface area (Å²) in [6, 6.07) is 24.7. The first-order chi connectivity index (χ1) is 73.6. The van der Waals surface area contributed by atoms with E-state index in [1.165, 1.54) is 48.8 Å². The van der Waals surface area contributed by atoms with Crippen molar-refractivity contribution in [2.24, 2.45) is 10.2 Å². The molecular formula is C124H168N4O22. The minimum absolute atomic E-state index is 0.199. The largest absolute Gasteiger partial charge is 0.490 e. The predicted octanol–water partition coefficient (Wildman–Crippen LogP) is 29.8. The Morgan fingerprint density at radius 3 is 0.600 bits per heavy atom. The van der Waals surface area contributed by atoms with Crippen LogP contribution in [-0.2, 0) is 57.2 Å². The molecule has 0 saturated heterocycles. The molecule has 2 heterocycles. The van der Waals surface area contributed by atoms with Crippen molar-refractivity contribution in [3.8, 4) is 69.7 Å². The molecule has 150 heavy (non-hydrogen) atoms. The summed E-state index contributed by atoms with van der Waals surface area (Å²) in [5, 5.41) is 8.99. The third-order valence-electron chi connectivity index (χ3n) is 24.8. The maximum atomic E-state index is 14.4. The molecule has 0 aliphatic rings. The highest BCUT2D eigenvalue weighted by atomic mass is 16.6. The summed E-state index contributed by atoms with van der Waals surface area (Å²) in [6.07, 6.45) is 67.9. The number of hydrogen-bond donors (Lipinski definition) is 0. The number of carbonyl (C=O) groups excluding carboxylic acids is 8. The molecule has 0 radical (unpaired) electrons.